The molecule has 0 saturated heterocycles. The maximum atomic E-state index is 11.8. The molecule has 0 fully saturated rings. The van der Waals surface area contributed by atoms with Crippen molar-refractivity contribution in [2.24, 2.45) is 0 Å². The molecule has 1 aliphatic rings. The topological polar surface area (TPSA) is 88.7 Å². The van der Waals surface area contributed by atoms with Gasteiger partial charge in [0.1, 0.15) is 0 Å². The van der Waals surface area contributed by atoms with E-state index < -0.39 is 11.9 Å². The van der Waals surface area contributed by atoms with Crippen molar-refractivity contribution >= 4 is 23.3 Å². The van der Waals surface area contributed by atoms with Gasteiger partial charge in [0.15, 0.2) is 6.61 Å². The minimum absolute atomic E-state index is 0.354. The van der Waals surface area contributed by atoms with E-state index in [1.54, 1.807) is 18.2 Å². The van der Waals surface area contributed by atoms with Gasteiger partial charge in [-0.3, -0.25) is 0 Å². The molecule has 0 spiro atoms. The van der Waals surface area contributed by atoms with Gasteiger partial charge in [0.2, 0.25) is 0 Å². The SMILES string of the molecule is CCCCOC(=O)COC(=O)c1ccc2c(c1)NNN2. The van der Waals surface area contributed by atoms with E-state index in [9.17, 15) is 9.59 Å². The number of hydrogen-bond donors (Lipinski definition) is 3. The summed E-state index contributed by atoms with van der Waals surface area (Å²) in [6.45, 7) is 1.98. The van der Waals surface area contributed by atoms with Crippen LogP contribution in [0, 0.1) is 0 Å². The highest BCUT2D eigenvalue weighted by Gasteiger charge is 2.15. The number of fused-ring (bicyclic) bond motifs is 1. The van der Waals surface area contributed by atoms with Crippen LogP contribution in [0.2, 0.25) is 0 Å². The highest BCUT2D eigenvalue weighted by Crippen LogP contribution is 2.25. The van der Waals surface area contributed by atoms with Crippen LogP contribution in [-0.2, 0) is 14.3 Å². The molecule has 0 aromatic heterocycles. The Bertz CT molecular complexity index is 504. The number of carbonyl (C=O) groups is 2. The molecule has 1 heterocycles. The van der Waals surface area contributed by atoms with Gasteiger partial charge < -0.3 is 20.3 Å². The molecule has 3 N–H and O–H groups in total. The Morgan fingerprint density at radius 2 is 1.95 bits per heavy atom. The number of hydrazine groups is 2. The van der Waals surface area contributed by atoms with E-state index in [1.807, 2.05) is 6.92 Å². The molecule has 0 saturated carbocycles. The number of unbranched alkanes of at least 4 members (excludes halogenated alkanes) is 1. The van der Waals surface area contributed by atoms with E-state index in [2.05, 4.69) is 16.4 Å². The van der Waals surface area contributed by atoms with Crippen LogP contribution in [-0.4, -0.2) is 25.2 Å². The van der Waals surface area contributed by atoms with Gasteiger partial charge in [0.25, 0.3) is 0 Å². The van der Waals surface area contributed by atoms with Gasteiger partial charge in [-0.25, -0.2) is 9.59 Å². The smallest absolute Gasteiger partial charge is 0.344 e. The summed E-state index contributed by atoms with van der Waals surface area (Å²) in [6, 6.07) is 4.98. The van der Waals surface area contributed by atoms with Gasteiger partial charge in [0.05, 0.1) is 23.5 Å². The first-order valence-corrected chi connectivity index (χ1v) is 6.44. The molecular formula is C13H17N3O4. The standard InChI is InChI=1S/C13H17N3O4/c1-2-3-6-19-12(17)8-20-13(18)9-4-5-10-11(7-9)15-16-14-10/h4-5,7,14-16H,2-3,6,8H2,1H3. The normalized spacial score (nSPS) is 12.1. The number of rotatable bonds is 6. The Morgan fingerprint density at radius 1 is 1.15 bits per heavy atom. The Hall–Kier alpha value is -2.28. The van der Waals surface area contributed by atoms with E-state index in [4.69, 9.17) is 9.47 Å². The van der Waals surface area contributed by atoms with Crippen molar-refractivity contribution in [3.63, 3.8) is 0 Å². The van der Waals surface area contributed by atoms with Gasteiger partial charge in [-0.1, -0.05) is 13.3 Å². The summed E-state index contributed by atoms with van der Waals surface area (Å²) in [4.78, 5) is 23.1. The van der Waals surface area contributed by atoms with Crippen molar-refractivity contribution in [3.8, 4) is 0 Å². The lowest BCUT2D eigenvalue weighted by atomic mass is 10.2. The number of anilines is 2. The molecule has 2 rings (SSSR count). The van der Waals surface area contributed by atoms with Crippen LogP contribution in [0.4, 0.5) is 11.4 Å². The fourth-order valence-electron chi connectivity index (χ4n) is 1.63. The van der Waals surface area contributed by atoms with Crippen LogP contribution < -0.4 is 16.4 Å². The van der Waals surface area contributed by atoms with E-state index in [1.165, 1.54) is 0 Å². The van der Waals surface area contributed by atoms with Crippen LogP contribution >= 0.6 is 0 Å². The largest absolute Gasteiger partial charge is 0.463 e. The van der Waals surface area contributed by atoms with Crippen LogP contribution in [0.25, 0.3) is 0 Å². The summed E-state index contributed by atoms with van der Waals surface area (Å²) in [5.41, 5.74) is 10.3. The summed E-state index contributed by atoms with van der Waals surface area (Å²) in [5, 5.41) is 0. The number of benzene rings is 1. The summed E-state index contributed by atoms with van der Waals surface area (Å²) < 4.78 is 9.79. The summed E-state index contributed by atoms with van der Waals surface area (Å²) in [6.07, 6.45) is 1.74. The highest BCUT2D eigenvalue weighted by atomic mass is 16.6. The summed E-state index contributed by atoms with van der Waals surface area (Å²) >= 11 is 0. The molecule has 20 heavy (non-hydrogen) atoms. The number of carbonyl (C=O) groups excluding carboxylic acids is 2. The molecule has 0 atom stereocenters. The number of esters is 2. The molecule has 0 bridgehead atoms. The molecule has 1 aromatic carbocycles. The fourth-order valence-corrected chi connectivity index (χ4v) is 1.63. The first-order valence-electron chi connectivity index (χ1n) is 6.44. The molecule has 0 unspecified atom stereocenters. The predicted octanol–water partition coefficient (Wildman–Crippen LogP) is 1.44. The summed E-state index contributed by atoms with van der Waals surface area (Å²) in [5.74, 6) is -1.09. The third-order valence-corrected chi connectivity index (χ3v) is 2.73. The maximum Gasteiger partial charge on any atom is 0.344 e. The Balaban J connectivity index is 1.81. The average Bonchev–Trinajstić information content (AvgIpc) is 2.92. The molecule has 108 valence electrons. The van der Waals surface area contributed by atoms with Gasteiger partial charge >= 0.3 is 11.9 Å². The van der Waals surface area contributed by atoms with Crippen molar-refractivity contribution in [2.45, 2.75) is 19.8 Å². The molecular weight excluding hydrogens is 262 g/mol. The quantitative estimate of drug-likeness (QED) is 0.536. The lowest BCUT2D eigenvalue weighted by molar-refractivity contribution is -0.147. The zero-order valence-electron chi connectivity index (χ0n) is 11.2. The van der Waals surface area contributed by atoms with Crippen LogP contribution in [0.5, 0.6) is 0 Å². The van der Waals surface area contributed by atoms with E-state index in [0.717, 1.165) is 24.2 Å². The van der Waals surface area contributed by atoms with Crippen molar-refractivity contribution in [2.75, 3.05) is 24.1 Å². The molecule has 1 aliphatic heterocycles. The second-order valence-electron chi connectivity index (χ2n) is 4.29. The average molecular weight is 279 g/mol. The maximum absolute atomic E-state index is 11.8. The number of ether oxygens (including phenoxy) is 2. The number of nitrogens with one attached hydrogen (secondary N) is 3. The molecule has 7 heteroatoms. The highest BCUT2D eigenvalue weighted by molar-refractivity contribution is 5.93. The van der Waals surface area contributed by atoms with Crippen LogP contribution in [0.3, 0.4) is 0 Å². The van der Waals surface area contributed by atoms with E-state index in [0.29, 0.717) is 12.2 Å². The van der Waals surface area contributed by atoms with E-state index >= 15 is 0 Å². The van der Waals surface area contributed by atoms with Gasteiger partial charge in [-0.15, -0.1) is 5.53 Å². The van der Waals surface area contributed by atoms with Gasteiger partial charge in [0, 0.05) is 0 Å². The van der Waals surface area contributed by atoms with Crippen LogP contribution in [0.15, 0.2) is 18.2 Å². The fraction of sp³-hybridized carbons (Fsp3) is 0.385. The van der Waals surface area contributed by atoms with E-state index in [-0.39, 0.29) is 6.61 Å². The predicted molar refractivity (Wildman–Crippen MR) is 73.0 cm³/mol. The van der Waals surface area contributed by atoms with Crippen LogP contribution in [0.1, 0.15) is 30.1 Å². The number of hydrogen-bond acceptors (Lipinski definition) is 7. The third kappa shape index (κ3) is 3.61. The Labute approximate surface area is 116 Å². The monoisotopic (exact) mass is 279 g/mol. The molecule has 0 amide bonds. The first-order chi connectivity index (χ1) is 9.70. The molecule has 0 radical (unpaired) electrons. The zero-order chi connectivity index (χ0) is 14.4. The van der Waals surface area contributed by atoms with Gasteiger partial charge in [-0.05, 0) is 24.6 Å². The lowest BCUT2D eigenvalue weighted by Gasteiger charge is -2.06. The second-order valence-corrected chi connectivity index (χ2v) is 4.29. The minimum atomic E-state index is -0.561. The minimum Gasteiger partial charge on any atom is -0.463 e. The van der Waals surface area contributed by atoms with Crippen molar-refractivity contribution in [1.82, 2.24) is 5.53 Å². The zero-order valence-corrected chi connectivity index (χ0v) is 11.2. The molecule has 0 aliphatic carbocycles. The van der Waals surface area contributed by atoms with Crippen molar-refractivity contribution in [1.29, 1.82) is 0 Å². The van der Waals surface area contributed by atoms with Gasteiger partial charge in [-0.2, -0.15) is 0 Å². The lowest BCUT2D eigenvalue weighted by Crippen LogP contribution is -2.19. The van der Waals surface area contributed by atoms with Crippen molar-refractivity contribution < 1.29 is 19.1 Å². The second kappa shape index (κ2) is 6.76. The molecule has 7 nitrogen and oxygen atoms in total. The summed E-state index contributed by atoms with van der Waals surface area (Å²) in [7, 11) is 0. The molecule has 1 aromatic rings. The Morgan fingerprint density at radius 3 is 2.75 bits per heavy atom. The van der Waals surface area contributed by atoms with Crippen molar-refractivity contribution in [3.05, 3.63) is 23.8 Å². The Kier molecular flexibility index (Phi) is 4.78. The first kappa shape index (κ1) is 14.1. The third-order valence-electron chi connectivity index (χ3n) is 2.73.